The van der Waals surface area contributed by atoms with Gasteiger partial charge in [0.2, 0.25) is 5.91 Å². The second-order valence-electron chi connectivity index (χ2n) is 5.38. The topological polar surface area (TPSA) is 89.9 Å². The monoisotopic (exact) mass is 258 g/mol. The SMILES string of the molecule is CCC(C)(O)C(C(=O)O)N1CC(=O)NC1C(C)C. The van der Waals surface area contributed by atoms with Gasteiger partial charge in [0.15, 0.2) is 0 Å². The minimum absolute atomic E-state index is 0.00988. The number of hydrogen-bond acceptors (Lipinski definition) is 4. The van der Waals surface area contributed by atoms with Gasteiger partial charge in [0.05, 0.1) is 18.3 Å². The van der Waals surface area contributed by atoms with E-state index in [1.807, 2.05) is 13.8 Å². The second kappa shape index (κ2) is 5.24. The van der Waals surface area contributed by atoms with Crippen molar-refractivity contribution < 1.29 is 19.8 Å². The molecule has 1 heterocycles. The Labute approximate surface area is 107 Å². The maximum absolute atomic E-state index is 11.5. The van der Waals surface area contributed by atoms with E-state index in [-0.39, 0.29) is 24.5 Å². The van der Waals surface area contributed by atoms with Gasteiger partial charge in [-0.1, -0.05) is 20.8 Å². The van der Waals surface area contributed by atoms with E-state index in [2.05, 4.69) is 5.32 Å². The summed E-state index contributed by atoms with van der Waals surface area (Å²) in [5.41, 5.74) is -1.37. The van der Waals surface area contributed by atoms with Crippen LogP contribution in [0.15, 0.2) is 0 Å². The Hall–Kier alpha value is -1.14. The number of hydrogen-bond donors (Lipinski definition) is 3. The molecule has 0 aromatic rings. The van der Waals surface area contributed by atoms with Crippen molar-refractivity contribution in [1.82, 2.24) is 10.2 Å². The molecule has 0 aromatic heterocycles. The van der Waals surface area contributed by atoms with Crippen molar-refractivity contribution in [3.63, 3.8) is 0 Å². The molecule has 1 saturated heterocycles. The molecule has 0 aliphatic carbocycles. The summed E-state index contributed by atoms with van der Waals surface area (Å²) in [6, 6.07) is -1.09. The van der Waals surface area contributed by atoms with E-state index in [0.29, 0.717) is 6.42 Å². The Morgan fingerprint density at radius 2 is 2.17 bits per heavy atom. The highest BCUT2D eigenvalue weighted by Crippen LogP contribution is 2.26. The van der Waals surface area contributed by atoms with Crippen molar-refractivity contribution in [3.05, 3.63) is 0 Å². The highest BCUT2D eigenvalue weighted by molar-refractivity contribution is 5.83. The summed E-state index contributed by atoms with van der Waals surface area (Å²) >= 11 is 0. The number of carboxylic acid groups (broad SMARTS) is 1. The highest BCUT2D eigenvalue weighted by Gasteiger charge is 2.47. The van der Waals surface area contributed by atoms with Crippen LogP contribution in [0.3, 0.4) is 0 Å². The van der Waals surface area contributed by atoms with Gasteiger partial charge in [-0.2, -0.15) is 0 Å². The molecule has 18 heavy (non-hydrogen) atoms. The fourth-order valence-corrected chi connectivity index (χ4v) is 2.32. The van der Waals surface area contributed by atoms with Crippen LogP contribution in [0.2, 0.25) is 0 Å². The standard InChI is InChI=1S/C12H22N2O4/c1-5-12(4,18)9(11(16)17)14-6-8(15)13-10(14)7(2)3/h7,9-10,18H,5-6H2,1-4H3,(H,13,15)(H,16,17). The molecule has 104 valence electrons. The minimum atomic E-state index is -1.37. The lowest BCUT2D eigenvalue weighted by atomic mass is 9.91. The Kier molecular flexibility index (Phi) is 4.34. The van der Waals surface area contributed by atoms with Gasteiger partial charge in [0.1, 0.15) is 6.04 Å². The first-order chi connectivity index (χ1) is 8.20. The Balaban J connectivity index is 3.06. The molecule has 1 rings (SSSR count). The number of aliphatic carboxylic acids is 1. The molecule has 3 N–H and O–H groups in total. The molecule has 6 nitrogen and oxygen atoms in total. The quantitative estimate of drug-likeness (QED) is 0.646. The zero-order chi connectivity index (χ0) is 14.1. The van der Waals surface area contributed by atoms with Crippen molar-refractivity contribution in [1.29, 1.82) is 0 Å². The summed E-state index contributed by atoms with van der Waals surface area (Å²) < 4.78 is 0. The molecule has 3 atom stereocenters. The van der Waals surface area contributed by atoms with E-state index >= 15 is 0 Å². The van der Waals surface area contributed by atoms with Gasteiger partial charge >= 0.3 is 5.97 Å². The third-order valence-electron chi connectivity index (χ3n) is 3.49. The maximum Gasteiger partial charge on any atom is 0.324 e. The molecule has 0 saturated carbocycles. The van der Waals surface area contributed by atoms with Gasteiger partial charge in [-0.15, -0.1) is 0 Å². The van der Waals surface area contributed by atoms with Gasteiger partial charge in [0.25, 0.3) is 0 Å². The summed E-state index contributed by atoms with van der Waals surface area (Å²) in [5.74, 6) is -1.23. The van der Waals surface area contributed by atoms with Gasteiger partial charge < -0.3 is 15.5 Å². The number of nitrogens with zero attached hydrogens (tertiary/aromatic N) is 1. The van der Waals surface area contributed by atoms with Crippen molar-refractivity contribution in [2.24, 2.45) is 5.92 Å². The van der Waals surface area contributed by atoms with Gasteiger partial charge in [-0.05, 0) is 19.3 Å². The maximum atomic E-state index is 11.5. The summed E-state index contributed by atoms with van der Waals surface area (Å²) in [5, 5.41) is 22.3. The Morgan fingerprint density at radius 1 is 1.61 bits per heavy atom. The molecular formula is C12H22N2O4. The zero-order valence-electron chi connectivity index (χ0n) is 11.3. The van der Waals surface area contributed by atoms with Crippen LogP contribution in [0.25, 0.3) is 0 Å². The van der Waals surface area contributed by atoms with Crippen LogP contribution in [-0.4, -0.2) is 51.3 Å². The molecular weight excluding hydrogens is 236 g/mol. The van der Waals surface area contributed by atoms with Crippen LogP contribution in [0.4, 0.5) is 0 Å². The molecule has 1 amide bonds. The lowest BCUT2D eigenvalue weighted by Crippen LogP contribution is -2.59. The fourth-order valence-electron chi connectivity index (χ4n) is 2.32. The van der Waals surface area contributed by atoms with E-state index in [1.165, 1.54) is 6.92 Å². The van der Waals surface area contributed by atoms with Crippen molar-refractivity contribution in [2.75, 3.05) is 6.54 Å². The minimum Gasteiger partial charge on any atom is -0.480 e. The van der Waals surface area contributed by atoms with Gasteiger partial charge in [0, 0.05) is 0 Å². The van der Waals surface area contributed by atoms with E-state index in [1.54, 1.807) is 11.8 Å². The first kappa shape index (κ1) is 14.9. The number of aliphatic hydroxyl groups is 1. The third kappa shape index (κ3) is 2.81. The molecule has 1 aliphatic heterocycles. The highest BCUT2D eigenvalue weighted by atomic mass is 16.4. The number of carboxylic acids is 1. The molecule has 6 heteroatoms. The van der Waals surface area contributed by atoms with Crippen LogP contribution in [-0.2, 0) is 9.59 Å². The van der Waals surface area contributed by atoms with Crippen molar-refractivity contribution >= 4 is 11.9 Å². The molecule has 0 bridgehead atoms. The lowest BCUT2D eigenvalue weighted by Gasteiger charge is -2.38. The molecule has 0 aromatic carbocycles. The van der Waals surface area contributed by atoms with Crippen LogP contribution < -0.4 is 5.32 Å². The van der Waals surface area contributed by atoms with Gasteiger partial charge in [-0.25, -0.2) is 0 Å². The van der Waals surface area contributed by atoms with E-state index in [4.69, 9.17) is 0 Å². The predicted molar refractivity (Wildman–Crippen MR) is 65.8 cm³/mol. The Morgan fingerprint density at radius 3 is 2.56 bits per heavy atom. The first-order valence-electron chi connectivity index (χ1n) is 6.21. The normalized spacial score (nSPS) is 25.9. The number of nitrogens with one attached hydrogen (secondary N) is 1. The molecule has 0 spiro atoms. The van der Waals surface area contributed by atoms with E-state index in [0.717, 1.165) is 0 Å². The summed E-state index contributed by atoms with van der Waals surface area (Å²) in [7, 11) is 0. The van der Waals surface area contributed by atoms with E-state index < -0.39 is 17.6 Å². The number of carbonyl (C=O) groups is 2. The van der Waals surface area contributed by atoms with Crippen LogP contribution in [0, 0.1) is 5.92 Å². The lowest BCUT2D eigenvalue weighted by molar-refractivity contribution is -0.156. The molecule has 0 radical (unpaired) electrons. The summed E-state index contributed by atoms with van der Waals surface area (Å²) in [6.07, 6.45) is -0.0453. The number of rotatable bonds is 5. The summed E-state index contributed by atoms with van der Waals surface area (Å²) in [6.45, 7) is 7.04. The molecule has 1 aliphatic rings. The largest absolute Gasteiger partial charge is 0.480 e. The third-order valence-corrected chi connectivity index (χ3v) is 3.49. The average Bonchev–Trinajstić information content (AvgIpc) is 2.59. The summed E-state index contributed by atoms with van der Waals surface area (Å²) in [4.78, 5) is 24.4. The smallest absolute Gasteiger partial charge is 0.324 e. The van der Waals surface area contributed by atoms with Gasteiger partial charge in [-0.3, -0.25) is 14.5 Å². The zero-order valence-corrected chi connectivity index (χ0v) is 11.3. The fraction of sp³-hybridized carbons (Fsp3) is 0.833. The second-order valence-corrected chi connectivity index (χ2v) is 5.38. The van der Waals surface area contributed by atoms with Crippen LogP contribution in [0.1, 0.15) is 34.1 Å². The van der Waals surface area contributed by atoms with Crippen molar-refractivity contribution in [3.8, 4) is 0 Å². The predicted octanol–water partition coefficient (Wildman–Crippen LogP) is 0.0145. The molecule has 3 unspecified atom stereocenters. The number of amides is 1. The average molecular weight is 258 g/mol. The number of carbonyl (C=O) groups excluding carboxylic acids is 1. The van der Waals surface area contributed by atoms with Crippen molar-refractivity contribution in [2.45, 2.75) is 51.9 Å². The van der Waals surface area contributed by atoms with E-state index in [9.17, 15) is 19.8 Å². The first-order valence-corrected chi connectivity index (χ1v) is 6.21. The van der Waals surface area contributed by atoms with Crippen LogP contribution >= 0.6 is 0 Å². The molecule has 1 fully saturated rings. The van der Waals surface area contributed by atoms with Crippen LogP contribution in [0.5, 0.6) is 0 Å². The Bertz CT molecular complexity index is 341.